The third kappa shape index (κ3) is 7.16. The van der Waals surface area contributed by atoms with Crippen LogP contribution in [0.25, 0.3) is 11.1 Å². The molecule has 1 saturated heterocycles. The van der Waals surface area contributed by atoms with E-state index < -0.39 is 29.6 Å². The Morgan fingerprint density at radius 1 is 0.905 bits per heavy atom. The van der Waals surface area contributed by atoms with E-state index in [-0.39, 0.29) is 31.9 Å². The zero-order valence-electron chi connectivity index (χ0n) is 23.5. The first kappa shape index (κ1) is 29.3. The third-order valence-electron chi connectivity index (χ3n) is 8.20. The maximum Gasteiger partial charge on any atom is 0.407 e. The third-order valence-corrected chi connectivity index (χ3v) is 8.20. The highest BCUT2D eigenvalue weighted by Crippen LogP contribution is 2.44. The van der Waals surface area contributed by atoms with Gasteiger partial charge in [-0.05, 0) is 40.7 Å². The average molecular weight is 572 g/mol. The van der Waals surface area contributed by atoms with Gasteiger partial charge in [0, 0.05) is 32.1 Å². The molecule has 42 heavy (non-hydrogen) atoms. The molecule has 3 aromatic carbocycles. The smallest absolute Gasteiger partial charge is 0.407 e. The number of fused-ring (bicyclic) bond motifs is 3. The lowest BCUT2D eigenvalue weighted by Crippen LogP contribution is -2.56. The molecule has 5 rings (SSSR count). The van der Waals surface area contributed by atoms with Crippen molar-refractivity contribution in [2.45, 2.75) is 49.8 Å². The number of amides is 2. The van der Waals surface area contributed by atoms with E-state index in [4.69, 9.17) is 4.74 Å². The minimum absolute atomic E-state index is 0.0802. The van der Waals surface area contributed by atoms with Crippen molar-refractivity contribution in [2.75, 3.05) is 26.2 Å². The number of nitrogens with one attached hydrogen (secondary N) is 2. The van der Waals surface area contributed by atoms with Crippen LogP contribution in [0.4, 0.5) is 4.79 Å². The maximum absolute atomic E-state index is 12.8. The number of carbonyl (C=O) groups excluding carboxylic acids is 2. The van der Waals surface area contributed by atoms with Gasteiger partial charge in [-0.25, -0.2) is 4.79 Å². The summed E-state index contributed by atoms with van der Waals surface area (Å²) < 4.78 is 5.50. The molecule has 0 spiro atoms. The van der Waals surface area contributed by atoms with E-state index in [1.165, 1.54) is 5.56 Å². The molecule has 1 aliphatic carbocycles. The molecular weight excluding hydrogens is 534 g/mol. The monoisotopic (exact) mass is 571 g/mol. The number of carboxylic acid groups (broad SMARTS) is 1. The van der Waals surface area contributed by atoms with Gasteiger partial charge >= 0.3 is 12.1 Å². The molecule has 0 saturated carbocycles. The molecule has 4 N–H and O–H groups in total. The summed E-state index contributed by atoms with van der Waals surface area (Å²) in [7, 11) is 0. The second-order valence-electron chi connectivity index (χ2n) is 11.2. The molecule has 1 aliphatic heterocycles. The Hall–Kier alpha value is -4.21. The number of aliphatic carboxylic acids is 1. The number of carboxylic acids is 1. The van der Waals surface area contributed by atoms with Crippen molar-refractivity contribution in [3.63, 3.8) is 0 Å². The summed E-state index contributed by atoms with van der Waals surface area (Å²) in [5, 5.41) is 25.4. The van der Waals surface area contributed by atoms with Gasteiger partial charge in [0.15, 0.2) is 0 Å². The van der Waals surface area contributed by atoms with Crippen LogP contribution in [-0.2, 0) is 20.9 Å². The van der Waals surface area contributed by atoms with Crippen LogP contribution in [0, 0.1) is 0 Å². The van der Waals surface area contributed by atoms with Crippen molar-refractivity contribution in [1.82, 2.24) is 15.5 Å². The second-order valence-corrected chi connectivity index (χ2v) is 11.2. The number of aliphatic hydroxyl groups is 1. The number of rotatable bonds is 11. The summed E-state index contributed by atoms with van der Waals surface area (Å²) in [5.74, 6) is -1.51. The molecule has 2 aliphatic rings. The van der Waals surface area contributed by atoms with E-state index in [1.807, 2.05) is 54.6 Å². The fourth-order valence-corrected chi connectivity index (χ4v) is 6.10. The van der Waals surface area contributed by atoms with Crippen LogP contribution in [0.5, 0.6) is 0 Å². The lowest BCUT2D eigenvalue weighted by Gasteiger charge is -2.41. The van der Waals surface area contributed by atoms with Crippen molar-refractivity contribution in [1.29, 1.82) is 0 Å². The first-order valence-electron chi connectivity index (χ1n) is 14.4. The van der Waals surface area contributed by atoms with E-state index >= 15 is 0 Å². The van der Waals surface area contributed by atoms with Gasteiger partial charge in [-0.2, -0.15) is 0 Å². The van der Waals surface area contributed by atoms with Gasteiger partial charge in [0.2, 0.25) is 5.91 Å². The van der Waals surface area contributed by atoms with Gasteiger partial charge in [-0.1, -0.05) is 78.9 Å². The first-order valence-corrected chi connectivity index (χ1v) is 14.4. The minimum Gasteiger partial charge on any atom is -0.481 e. The number of aliphatic hydroxyl groups excluding tert-OH is 1. The Labute approximate surface area is 245 Å². The summed E-state index contributed by atoms with van der Waals surface area (Å²) in [6.07, 6.45) is -1.29. The number of hydrogen-bond acceptors (Lipinski definition) is 6. The second kappa shape index (κ2) is 13.2. The quantitative estimate of drug-likeness (QED) is 0.275. The van der Waals surface area contributed by atoms with Crippen LogP contribution in [0.15, 0.2) is 78.9 Å². The topological polar surface area (TPSA) is 128 Å². The standard InChI is InChI=1S/C33H37N3O6/c37-24(20-34-32(41)42-22-29-27-12-6-4-10-25(27)26-11-5-7-13-28(26)29)18-30(38)35-33(19-31(39)40)14-16-36(17-15-33)21-23-8-2-1-3-9-23/h1-13,24,29,37H,14-22H2,(H,34,41)(H,35,38)(H,39,40). The molecule has 0 radical (unpaired) electrons. The summed E-state index contributed by atoms with van der Waals surface area (Å²) in [4.78, 5) is 39.2. The Bertz CT molecular complexity index is 1360. The van der Waals surface area contributed by atoms with Crippen molar-refractivity contribution in [3.05, 3.63) is 95.6 Å². The molecule has 9 nitrogen and oxygen atoms in total. The zero-order valence-corrected chi connectivity index (χ0v) is 23.5. The lowest BCUT2D eigenvalue weighted by molar-refractivity contribution is -0.140. The first-order chi connectivity index (χ1) is 20.3. The number of carbonyl (C=O) groups is 3. The van der Waals surface area contributed by atoms with Crippen molar-refractivity contribution in [2.24, 2.45) is 0 Å². The molecule has 9 heteroatoms. The highest BCUT2D eigenvalue weighted by Gasteiger charge is 2.38. The van der Waals surface area contributed by atoms with Crippen LogP contribution in [-0.4, -0.2) is 71.0 Å². The van der Waals surface area contributed by atoms with Crippen molar-refractivity contribution in [3.8, 4) is 11.1 Å². The summed E-state index contributed by atoms with van der Waals surface area (Å²) in [6.45, 7) is 2.04. The fourth-order valence-electron chi connectivity index (χ4n) is 6.10. The molecule has 220 valence electrons. The molecule has 1 unspecified atom stereocenters. The number of hydrogen-bond donors (Lipinski definition) is 4. The molecule has 0 aromatic heterocycles. The molecule has 0 bridgehead atoms. The van der Waals surface area contributed by atoms with E-state index in [1.54, 1.807) is 0 Å². The van der Waals surface area contributed by atoms with Gasteiger partial charge < -0.3 is 25.6 Å². The summed E-state index contributed by atoms with van der Waals surface area (Å²) in [6, 6.07) is 26.2. The summed E-state index contributed by atoms with van der Waals surface area (Å²) in [5.41, 5.74) is 4.76. The zero-order chi connectivity index (χ0) is 29.5. The normalized spacial score (nSPS) is 16.6. The van der Waals surface area contributed by atoms with Crippen LogP contribution >= 0.6 is 0 Å². The largest absolute Gasteiger partial charge is 0.481 e. The number of piperidine rings is 1. The lowest BCUT2D eigenvalue weighted by atomic mass is 9.84. The van der Waals surface area contributed by atoms with E-state index in [0.717, 1.165) is 28.8 Å². The van der Waals surface area contributed by atoms with Gasteiger partial charge in [0.25, 0.3) is 0 Å². The Morgan fingerprint density at radius 3 is 2.12 bits per heavy atom. The molecule has 1 atom stereocenters. The molecule has 1 fully saturated rings. The summed E-state index contributed by atoms with van der Waals surface area (Å²) >= 11 is 0. The number of alkyl carbamates (subject to hydrolysis) is 1. The maximum atomic E-state index is 12.8. The van der Waals surface area contributed by atoms with Crippen LogP contribution in [0.3, 0.4) is 0 Å². The van der Waals surface area contributed by atoms with Gasteiger partial charge in [0.1, 0.15) is 6.61 Å². The molecule has 1 heterocycles. The fraction of sp³-hybridized carbons (Fsp3) is 0.364. The molecule has 3 aromatic rings. The predicted octanol–water partition coefficient (Wildman–Crippen LogP) is 3.90. The molecule has 2 amide bonds. The van der Waals surface area contributed by atoms with E-state index in [0.29, 0.717) is 25.9 Å². The average Bonchev–Trinajstić information content (AvgIpc) is 3.30. The van der Waals surface area contributed by atoms with E-state index in [9.17, 15) is 24.6 Å². The van der Waals surface area contributed by atoms with Crippen molar-refractivity contribution >= 4 is 18.0 Å². The number of nitrogens with zero attached hydrogens (tertiary/aromatic N) is 1. The van der Waals surface area contributed by atoms with Gasteiger partial charge in [-0.3, -0.25) is 14.5 Å². The van der Waals surface area contributed by atoms with Crippen LogP contribution < -0.4 is 10.6 Å². The highest BCUT2D eigenvalue weighted by molar-refractivity contribution is 5.80. The number of ether oxygens (including phenoxy) is 1. The van der Waals surface area contributed by atoms with Gasteiger partial charge in [0.05, 0.1) is 24.5 Å². The van der Waals surface area contributed by atoms with E-state index in [2.05, 4.69) is 39.8 Å². The van der Waals surface area contributed by atoms with Crippen LogP contribution in [0.1, 0.15) is 48.3 Å². The minimum atomic E-state index is -1.15. The Balaban J connectivity index is 1.08. The Kier molecular flexibility index (Phi) is 9.19. The number of benzene rings is 3. The molecular formula is C33H37N3O6. The predicted molar refractivity (Wildman–Crippen MR) is 158 cm³/mol. The van der Waals surface area contributed by atoms with Crippen molar-refractivity contribution < 1.29 is 29.3 Å². The van der Waals surface area contributed by atoms with Gasteiger partial charge in [-0.15, -0.1) is 0 Å². The van der Waals surface area contributed by atoms with Crippen LogP contribution in [0.2, 0.25) is 0 Å². The Morgan fingerprint density at radius 2 is 1.50 bits per heavy atom. The number of likely N-dealkylation sites (tertiary alicyclic amines) is 1. The highest BCUT2D eigenvalue weighted by atomic mass is 16.5. The SMILES string of the molecule is O=C(O)CC1(NC(=O)CC(O)CNC(=O)OCC2c3ccccc3-c3ccccc32)CCN(Cc2ccccc2)CC1.